The summed E-state index contributed by atoms with van der Waals surface area (Å²) in [6.07, 6.45) is 2.84. The zero-order valence-corrected chi connectivity index (χ0v) is 14.4. The van der Waals surface area contributed by atoms with Gasteiger partial charge in [0.15, 0.2) is 0 Å². The molecular formula is C18H25N3O3. The van der Waals surface area contributed by atoms with Gasteiger partial charge < -0.3 is 14.7 Å². The van der Waals surface area contributed by atoms with E-state index in [1.165, 1.54) is 0 Å². The van der Waals surface area contributed by atoms with Gasteiger partial charge in [-0.3, -0.25) is 14.4 Å². The van der Waals surface area contributed by atoms with Crippen molar-refractivity contribution >= 4 is 18.2 Å². The van der Waals surface area contributed by atoms with Gasteiger partial charge in [0.1, 0.15) is 0 Å². The van der Waals surface area contributed by atoms with Crippen LogP contribution >= 0.6 is 0 Å². The molecule has 0 aliphatic carbocycles. The predicted octanol–water partition coefficient (Wildman–Crippen LogP) is 1.47. The van der Waals surface area contributed by atoms with Crippen molar-refractivity contribution in [1.82, 2.24) is 14.7 Å². The highest BCUT2D eigenvalue weighted by atomic mass is 16.2. The Hall–Kier alpha value is -2.37. The Morgan fingerprint density at radius 1 is 1.08 bits per heavy atom. The van der Waals surface area contributed by atoms with Crippen molar-refractivity contribution in [3.63, 3.8) is 0 Å². The Morgan fingerprint density at radius 3 is 2.21 bits per heavy atom. The average Bonchev–Trinajstić information content (AvgIpc) is 2.65. The van der Waals surface area contributed by atoms with E-state index in [0.717, 1.165) is 25.8 Å². The highest BCUT2D eigenvalue weighted by Gasteiger charge is 2.21. The molecule has 1 heterocycles. The van der Waals surface area contributed by atoms with Crippen LogP contribution in [0.1, 0.15) is 40.5 Å². The van der Waals surface area contributed by atoms with Crippen molar-refractivity contribution in [2.45, 2.75) is 19.8 Å². The van der Waals surface area contributed by atoms with Crippen molar-refractivity contribution < 1.29 is 14.4 Å². The fraction of sp³-hybridized carbons (Fsp3) is 0.500. The highest BCUT2D eigenvalue weighted by molar-refractivity contribution is 5.97. The Morgan fingerprint density at radius 2 is 1.67 bits per heavy atom. The zero-order chi connectivity index (χ0) is 17.5. The number of nitrogens with zero attached hydrogens (tertiary/aromatic N) is 3. The lowest BCUT2D eigenvalue weighted by atomic mass is 10.1. The molecule has 2 rings (SSSR count). The lowest BCUT2D eigenvalue weighted by Crippen LogP contribution is -2.48. The third kappa shape index (κ3) is 4.34. The summed E-state index contributed by atoms with van der Waals surface area (Å²) in [4.78, 5) is 40.6. The van der Waals surface area contributed by atoms with Crippen LogP contribution in [0.3, 0.4) is 0 Å². The number of hydrogen-bond acceptors (Lipinski definition) is 3. The SMILES string of the molecule is CCCCN(C)C(=O)c1ccc(C(=O)N2CCN(C=O)CC2)cc1. The Bertz CT molecular complexity index is 578. The number of benzene rings is 1. The van der Waals surface area contributed by atoms with Gasteiger partial charge in [0.25, 0.3) is 11.8 Å². The van der Waals surface area contributed by atoms with Gasteiger partial charge in [-0.25, -0.2) is 0 Å². The summed E-state index contributed by atoms with van der Waals surface area (Å²) in [5.41, 5.74) is 1.17. The van der Waals surface area contributed by atoms with E-state index in [9.17, 15) is 14.4 Å². The number of rotatable bonds is 6. The summed E-state index contributed by atoms with van der Waals surface area (Å²) in [7, 11) is 1.80. The highest BCUT2D eigenvalue weighted by Crippen LogP contribution is 2.11. The van der Waals surface area contributed by atoms with Crippen molar-refractivity contribution in [2.75, 3.05) is 39.8 Å². The van der Waals surface area contributed by atoms with E-state index in [0.29, 0.717) is 37.3 Å². The summed E-state index contributed by atoms with van der Waals surface area (Å²) < 4.78 is 0. The molecule has 1 saturated heterocycles. The molecule has 6 heteroatoms. The van der Waals surface area contributed by atoms with Gasteiger partial charge in [-0.05, 0) is 30.7 Å². The predicted molar refractivity (Wildman–Crippen MR) is 91.9 cm³/mol. The molecule has 130 valence electrons. The summed E-state index contributed by atoms with van der Waals surface area (Å²) in [6.45, 7) is 5.03. The molecule has 0 radical (unpaired) electrons. The third-order valence-corrected chi connectivity index (χ3v) is 4.32. The standard InChI is InChI=1S/C18H25N3O3/c1-3-4-9-19(2)17(23)15-5-7-16(8-6-15)18(24)21-12-10-20(14-22)11-13-21/h5-8,14H,3-4,9-13H2,1-2H3. The first kappa shape index (κ1) is 18.0. The van der Waals surface area contributed by atoms with Crippen molar-refractivity contribution in [3.05, 3.63) is 35.4 Å². The lowest BCUT2D eigenvalue weighted by Gasteiger charge is -2.32. The van der Waals surface area contributed by atoms with Crippen molar-refractivity contribution in [3.8, 4) is 0 Å². The average molecular weight is 331 g/mol. The minimum absolute atomic E-state index is 0.0259. The molecular weight excluding hydrogens is 306 g/mol. The van der Waals surface area contributed by atoms with Crippen LogP contribution in [0.15, 0.2) is 24.3 Å². The number of piperazine rings is 1. The smallest absolute Gasteiger partial charge is 0.253 e. The molecule has 0 aromatic heterocycles. The summed E-state index contributed by atoms with van der Waals surface area (Å²) in [6, 6.07) is 6.82. The van der Waals surface area contributed by atoms with Crippen LogP contribution in [-0.2, 0) is 4.79 Å². The third-order valence-electron chi connectivity index (χ3n) is 4.32. The number of carbonyl (C=O) groups is 3. The van der Waals surface area contributed by atoms with E-state index in [-0.39, 0.29) is 11.8 Å². The van der Waals surface area contributed by atoms with Gasteiger partial charge >= 0.3 is 0 Å². The molecule has 0 N–H and O–H groups in total. The maximum absolute atomic E-state index is 12.5. The first-order chi connectivity index (χ1) is 11.6. The zero-order valence-electron chi connectivity index (χ0n) is 14.4. The van der Waals surface area contributed by atoms with Gasteiger partial charge in [-0.15, -0.1) is 0 Å². The molecule has 0 saturated carbocycles. The number of carbonyl (C=O) groups excluding carboxylic acids is 3. The van der Waals surface area contributed by atoms with Crippen LogP contribution < -0.4 is 0 Å². The van der Waals surface area contributed by atoms with Crippen LogP contribution in [0.5, 0.6) is 0 Å². The molecule has 1 fully saturated rings. The minimum Gasteiger partial charge on any atom is -0.342 e. The molecule has 1 aromatic rings. The second-order valence-corrected chi connectivity index (χ2v) is 6.09. The molecule has 24 heavy (non-hydrogen) atoms. The molecule has 0 atom stereocenters. The molecule has 0 spiro atoms. The van der Waals surface area contributed by atoms with Gasteiger partial charge in [-0.2, -0.15) is 0 Å². The van der Waals surface area contributed by atoms with Crippen LogP contribution in [0.2, 0.25) is 0 Å². The molecule has 0 unspecified atom stereocenters. The Kier molecular flexibility index (Phi) is 6.35. The lowest BCUT2D eigenvalue weighted by molar-refractivity contribution is -0.119. The quantitative estimate of drug-likeness (QED) is 0.742. The topological polar surface area (TPSA) is 60.9 Å². The molecule has 3 amide bonds. The van der Waals surface area contributed by atoms with Crippen LogP contribution in [0.25, 0.3) is 0 Å². The van der Waals surface area contributed by atoms with Crippen LogP contribution in [0, 0.1) is 0 Å². The second kappa shape index (κ2) is 8.47. The largest absolute Gasteiger partial charge is 0.342 e. The fourth-order valence-corrected chi connectivity index (χ4v) is 2.69. The van der Waals surface area contributed by atoms with E-state index in [2.05, 4.69) is 6.92 Å². The molecule has 0 bridgehead atoms. The molecule has 6 nitrogen and oxygen atoms in total. The van der Waals surface area contributed by atoms with Crippen LogP contribution in [-0.4, -0.2) is 72.7 Å². The van der Waals surface area contributed by atoms with Crippen molar-refractivity contribution in [1.29, 1.82) is 0 Å². The summed E-state index contributed by atoms with van der Waals surface area (Å²) in [5, 5.41) is 0. The van der Waals surface area contributed by atoms with Gasteiger partial charge in [0.05, 0.1) is 0 Å². The first-order valence-electron chi connectivity index (χ1n) is 8.41. The van der Waals surface area contributed by atoms with E-state index in [1.54, 1.807) is 46.0 Å². The normalized spacial score (nSPS) is 14.4. The Balaban J connectivity index is 1.97. The summed E-state index contributed by atoms with van der Waals surface area (Å²) >= 11 is 0. The molecule has 1 aliphatic heterocycles. The van der Waals surface area contributed by atoms with Crippen LogP contribution in [0.4, 0.5) is 0 Å². The number of unbranched alkanes of at least 4 members (excludes halogenated alkanes) is 1. The van der Waals surface area contributed by atoms with Crippen molar-refractivity contribution in [2.24, 2.45) is 0 Å². The fourth-order valence-electron chi connectivity index (χ4n) is 2.69. The minimum atomic E-state index is -0.0566. The van der Waals surface area contributed by atoms with Gasteiger partial charge in [0.2, 0.25) is 6.41 Å². The monoisotopic (exact) mass is 331 g/mol. The maximum Gasteiger partial charge on any atom is 0.253 e. The molecule has 1 aromatic carbocycles. The molecule has 1 aliphatic rings. The summed E-state index contributed by atoms with van der Waals surface area (Å²) in [5.74, 6) is -0.0825. The van der Waals surface area contributed by atoms with E-state index in [1.807, 2.05) is 0 Å². The van der Waals surface area contributed by atoms with Gasteiger partial charge in [0, 0.05) is 50.9 Å². The second-order valence-electron chi connectivity index (χ2n) is 6.09. The van der Waals surface area contributed by atoms with E-state index in [4.69, 9.17) is 0 Å². The number of amides is 3. The number of hydrogen-bond donors (Lipinski definition) is 0. The first-order valence-corrected chi connectivity index (χ1v) is 8.41. The van der Waals surface area contributed by atoms with Gasteiger partial charge in [-0.1, -0.05) is 13.3 Å². The van der Waals surface area contributed by atoms with E-state index < -0.39 is 0 Å². The Labute approximate surface area is 143 Å². The maximum atomic E-state index is 12.5. The van der Waals surface area contributed by atoms with E-state index >= 15 is 0 Å².